The largest absolute Gasteiger partial charge is 0.497 e. The van der Waals surface area contributed by atoms with E-state index in [1.165, 1.54) is 0 Å². The molecule has 7 heteroatoms. The molecule has 2 fully saturated rings. The van der Waals surface area contributed by atoms with Crippen molar-refractivity contribution >= 4 is 11.8 Å². The first-order chi connectivity index (χ1) is 14.0. The van der Waals surface area contributed by atoms with Gasteiger partial charge in [-0.15, -0.1) is 0 Å². The summed E-state index contributed by atoms with van der Waals surface area (Å²) in [4.78, 5) is 27.6. The summed E-state index contributed by atoms with van der Waals surface area (Å²) in [5.74, 6) is 1.19. The van der Waals surface area contributed by atoms with Crippen LogP contribution in [0.4, 0.5) is 0 Å². The number of hydrogen-bond acceptors (Lipinski definition) is 5. The molecule has 1 aromatic heterocycles. The Kier molecular flexibility index (Phi) is 5.30. The molecule has 1 saturated carbocycles. The van der Waals surface area contributed by atoms with Crippen LogP contribution < -0.4 is 10.1 Å². The molecule has 0 atom stereocenters. The van der Waals surface area contributed by atoms with E-state index in [-0.39, 0.29) is 23.6 Å². The summed E-state index contributed by atoms with van der Waals surface area (Å²) in [7, 11) is 1.63. The zero-order chi connectivity index (χ0) is 20.4. The quantitative estimate of drug-likeness (QED) is 0.810. The van der Waals surface area contributed by atoms with Crippen LogP contribution in [0.5, 0.6) is 5.75 Å². The van der Waals surface area contributed by atoms with Crippen LogP contribution in [0.15, 0.2) is 34.9 Å². The minimum Gasteiger partial charge on any atom is -0.497 e. The smallest absolute Gasteiger partial charge is 0.276 e. The molecule has 1 N–H and O–H groups in total. The van der Waals surface area contributed by atoms with Crippen molar-refractivity contribution in [3.8, 4) is 5.75 Å². The minimum atomic E-state index is -0.636. The van der Waals surface area contributed by atoms with Gasteiger partial charge in [0.25, 0.3) is 5.91 Å². The maximum Gasteiger partial charge on any atom is 0.276 e. The Morgan fingerprint density at radius 2 is 2.03 bits per heavy atom. The summed E-state index contributed by atoms with van der Waals surface area (Å²) in [5, 5.41) is 7.05. The fourth-order valence-electron chi connectivity index (χ4n) is 4.37. The second kappa shape index (κ2) is 7.89. The molecule has 1 aliphatic carbocycles. The first kappa shape index (κ1) is 19.5. The summed E-state index contributed by atoms with van der Waals surface area (Å²) >= 11 is 0. The fourth-order valence-corrected chi connectivity index (χ4v) is 4.37. The average Bonchev–Trinajstić information content (AvgIpc) is 3.35. The van der Waals surface area contributed by atoms with Crippen LogP contribution in [-0.2, 0) is 11.2 Å². The monoisotopic (exact) mass is 397 g/mol. The highest BCUT2D eigenvalue weighted by Gasteiger charge is 2.51. The predicted molar refractivity (Wildman–Crippen MR) is 107 cm³/mol. The molecule has 0 unspecified atom stereocenters. The van der Waals surface area contributed by atoms with Crippen molar-refractivity contribution in [2.75, 3.05) is 20.2 Å². The summed E-state index contributed by atoms with van der Waals surface area (Å²) in [6, 6.07) is 9.64. The highest BCUT2D eigenvalue weighted by Crippen LogP contribution is 2.37. The summed E-state index contributed by atoms with van der Waals surface area (Å²) in [6.07, 6.45) is 4.93. The van der Waals surface area contributed by atoms with Gasteiger partial charge in [-0.05, 0) is 43.9 Å². The van der Waals surface area contributed by atoms with Crippen LogP contribution in [0.3, 0.4) is 0 Å². The summed E-state index contributed by atoms with van der Waals surface area (Å²) in [6.45, 7) is 2.49. The number of hydrogen-bond donors (Lipinski definition) is 1. The number of ether oxygens (including phenoxy) is 1. The molecule has 0 radical (unpaired) electrons. The van der Waals surface area contributed by atoms with E-state index in [9.17, 15) is 9.59 Å². The minimum absolute atomic E-state index is 0.0348. The van der Waals surface area contributed by atoms with Crippen molar-refractivity contribution in [2.45, 2.75) is 45.1 Å². The molecular formula is C22H27N3O4. The predicted octanol–water partition coefficient (Wildman–Crippen LogP) is 2.74. The zero-order valence-corrected chi connectivity index (χ0v) is 16.9. The lowest BCUT2D eigenvalue weighted by Crippen LogP contribution is -2.66. The molecule has 1 saturated heterocycles. The highest BCUT2D eigenvalue weighted by molar-refractivity contribution is 5.95. The average molecular weight is 397 g/mol. The van der Waals surface area contributed by atoms with E-state index in [0.29, 0.717) is 25.3 Å². The Labute approximate surface area is 170 Å². The first-order valence-corrected chi connectivity index (χ1v) is 10.2. The third kappa shape index (κ3) is 3.99. The Hall–Kier alpha value is -2.83. The highest BCUT2D eigenvalue weighted by atomic mass is 16.5. The number of carbonyl (C=O) groups is 2. The van der Waals surface area contributed by atoms with Gasteiger partial charge in [0.15, 0.2) is 5.69 Å². The van der Waals surface area contributed by atoms with E-state index in [4.69, 9.17) is 9.26 Å². The fraction of sp³-hybridized carbons (Fsp3) is 0.500. The third-order valence-corrected chi connectivity index (χ3v) is 5.97. The van der Waals surface area contributed by atoms with Crippen molar-refractivity contribution in [1.82, 2.24) is 15.4 Å². The van der Waals surface area contributed by atoms with Crippen LogP contribution >= 0.6 is 0 Å². The molecule has 29 heavy (non-hydrogen) atoms. The van der Waals surface area contributed by atoms with Crippen molar-refractivity contribution in [2.24, 2.45) is 5.41 Å². The van der Waals surface area contributed by atoms with Gasteiger partial charge in [0.2, 0.25) is 5.91 Å². The number of carbonyl (C=O) groups excluding carboxylic acids is 2. The zero-order valence-electron chi connectivity index (χ0n) is 16.9. The van der Waals surface area contributed by atoms with Crippen LogP contribution in [0.2, 0.25) is 0 Å². The van der Waals surface area contributed by atoms with Gasteiger partial charge in [-0.3, -0.25) is 9.59 Å². The van der Waals surface area contributed by atoms with Gasteiger partial charge >= 0.3 is 0 Å². The molecule has 1 aromatic carbocycles. The molecule has 2 amide bonds. The van der Waals surface area contributed by atoms with Crippen LogP contribution in [-0.4, -0.2) is 48.1 Å². The van der Waals surface area contributed by atoms with Crippen LogP contribution in [0, 0.1) is 12.3 Å². The molecule has 0 bridgehead atoms. The van der Waals surface area contributed by atoms with Gasteiger partial charge in [0.05, 0.1) is 12.5 Å². The Balaban J connectivity index is 1.51. The lowest BCUT2D eigenvalue weighted by Gasteiger charge is -2.49. The molecule has 1 aliphatic heterocycles. The van der Waals surface area contributed by atoms with Gasteiger partial charge in [-0.2, -0.15) is 0 Å². The second-order valence-corrected chi connectivity index (χ2v) is 8.25. The SMILES string of the molecule is COc1cccc(CC2(C(=O)NC3CCCC3)CN(C(=O)c3cc(C)on3)C2)c1. The number of amides is 2. The van der Waals surface area contributed by atoms with E-state index in [0.717, 1.165) is 37.0 Å². The topological polar surface area (TPSA) is 84.7 Å². The number of aromatic nitrogens is 1. The first-order valence-electron chi connectivity index (χ1n) is 10.2. The number of aryl methyl sites for hydroxylation is 1. The molecule has 2 aliphatic rings. The number of nitrogens with one attached hydrogen (secondary N) is 1. The molecule has 154 valence electrons. The van der Waals surface area contributed by atoms with Crippen molar-refractivity contribution in [1.29, 1.82) is 0 Å². The Morgan fingerprint density at radius 1 is 1.28 bits per heavy atom. The van der Waals surface area contributed by atoms with Crippen molar-refractivity contribution < 1.29 is 18.8 Å². The molecule has 7 nitrogen and oxygen atoms in total. The van der Waals surface area contributed by atoms with E-state index >= 15 is 0 Å². The maximum atomic E-state index is 13.3. The second-order valence-electron chi connectivity index (χ2n) is 8.25. The third-order valence-electron chi connectivity index (χ3n) is 5.97. The molecule has 4 rings (SSSR count). The van der Waals surface area contributed by atoms with Gasteiger partial charge in [0.1, 0.15) is 11.5 Å². The molecule has 2 heterocycles. The van der Waals surface area contributed by atoms with Crippen LogP contribution in [0.25, 0.3) is 0 Å². The normalized spacial score (nSPS) is 18.3. The molecule has 2 aromatic rings. The number of likely N-dealkylation sites (tertiary alicyclic amines) is 1. The molecular weight excluding hydrogens is 370 g/mol. The number of benzene rings is 1. The standard InChI is InChI=1S/C22H27N3O4/c1-15-10-19(24-29-15)20(26)25-13-22(14-25,21(27)23-17-7-3-4-8-17)12-16-6-5-9-18(11-16)28-2/h5-6,9-11,17H,3-4,7-8,12-14H2,1-2H3,(H,23,27). The van der Waals surface area contributed by atoms with E-state index in [1.54, 1.807) is 25.0 Å². The number of methoxy groups -OCH3 is 1. The van der Waals surface area contributed by atoms with E-state index in [1.807, 2.05) is 24.3 Å². The molecule has 0 spiro atoms. The van der Waals surface area contributed by atoms with Gasteiger partial charge in [-0.25, -0.2) is 0 Å². The summed E-state index contributed by atoms with van der Waals surface area (Å²) < 4.78 is 10.3. The van der Waals surface area contributed by atoms with E-state index in [2.05, 4.69) is 10.5 Å². The van der Waals surface area contributed by atoms with Gasteiger partial charge in [0, 0.05) is 25.2 Å². The number of rotatable bonds is 6. The van der Waals surface area contributed by atoms with Gasteiger partial charge < -0.3 is 19.5 Å². The van der Waals surface area contributed by atoms with Crippen LogP contribution in [0.1, 0.15) is 47.5 Å². The van der Waals surface area contributed by atoms with Crippen molar-refractivity contribution in [3.05, 3.63) is 47.3 Å². The van der Waals surface area contributed by atoms with Crippen molar-refractivity contribution in [3.63, 3.8) is 0 Å². The van der Waals surface area contributed by atoms with E-state index < -0.39 is 5.41 Å². The van der Waals surface area contributed by atoms with Gasteiger partial charge in [-0.1, -0.05) is 30.1 Å². The maximum absolute atomic E-state index is 13.3. The lowest BCUT2D eigenvalue weighted by molar-refractivity contribution is -0.140. The lowest BCUT2D eigenvalue weighted by atomic mass is 9.73. The Bertz CT molecular complexity index is 895. The Morgan fingerprint density at radius 3 is 2.69 bits per heavy atom. The number of nitrogens with zero attached hydrogens (tertiary/aromatic N) is 2. The summed E-state index contributed by atoms with van der Waals surface area (Å²) in [5.41, 5.74) is 0.674.